The van der Waals surface area contributed by atoms with Crippen molar-refractivity contribution >= 4 is 22.6 Å². The van der Waals surface area contributed by atoms with Gasteiger partial charge in [-0.05, 0) is 48.4 Å². The van der Waals surface area contributed by atoms with Gasteiger partial charge in [-0.15, -0.1) is 0 Å². The molecule has 1 atom stereocenters. The summed E-state index contributed by atoms with van der Waals surface area (Å²) in [5.74, 6) is 0. The van der Waals surface area contributed by atoms with Crippen LogP contribution in [0.2, 0.25) is 5.02 Å². The van der Waals surface area contributed by atoms with E-state index in [4.69, 9.17) is 11.6 Å². The summed E-state index contributed by atoms with van der Waals surface area (Å²) >= 11 is 6.15. The maximum atomic E-state index is 12.3. The van der Waals surface area contributed by atoms with Crippen LogP contribution in [-0.4, -0.2) is 52.1 Å². The zero-order chi connectivity index (χ0) is 22.6. The highest BCUT2D eigenvalue weighted by Gasteiger charge is 2.26. The summed E-state index contributed by atoms with van der Waals surface area (Å²) in [5, 5.41) is 0.768. The third-order valence-electron chi connectivity index (χ3n) is 6.61. The summed E-state index contributed by atoms with van der Waals surface area (Å²) in [6.07, 6.45) is 0.959. The van der Waals surface area contributed by atoms with Crippen LogP contribution in [0.4, 0.5) is 0 Å². The smallest absolute Gasteiger partial charge is 0.306 e. The molecule has 1 unspecified atom stereocenters. The topological polar surface area (TPSA) is 44.3 Å². The van der Waals surface area contributed by atoms with Gasteiger partial charge in [0.1, 0.15) is 0 Å². The molecule has 1 fully saturated rings. The summed E-state index contributed by atoms with van der Waals surface area (Å²) in [6, 6.07) is 27.1. The SMILES string of the molecule is O=c1[nH]c2ccccc2n1CCCN1CCN(C(c2ccccc2)c2ccc(Cl)cc2)CC1. The number of hydrogen-bond acceptors (Lipinski definition) is 3. The highest BCUT2D eigenvalue weighted by molar-refractivity contribution is 6.30. The molecule has 5 rings (SSSR count). The Morgan fingerprint density at radius 3 is 2.21 bits per heavy atom. The van der Waals surface area contributed by atoms with Gasteiger partial charge < -0.3 is 9.88 Å². The van der Waals surface area contributed by atoms with E-state index in [0.29, 0.717) is 0 Å². The van der Waals surface area contributed by atoms with E-state index in [9.17, 15) is 4.79 Å². The number of H-pyrrole nitrogens is 1. The molecule has 3 aromatic carbocycles. The van der Waals surface area contributed by atoms with Gasteiger partial charge in [0.2, 0.25) is 0 Å². The Labute approximate surface area is 199 Å². The number of aryl methyl sites for hydroxylation is 1. The first-order chi connectivity index (χ1) is 16.2. The van der Waals surface area contributed by atoms with Crippen LogP contribution in [-0.2, 0) is 6.54 Å². The van der Waals surface area contributed by atoms with Crippen molar-refractivity contribution in [3.8, 4) is 0 Å². The predicted molar refractivity (Wildman–Crippen MR) is 135 cm³/mol. The molecule has 33 heavy (non-hydrogen) atoms. The molecule has 0 aliphatic carbocycles. The number of para-hydroxylation sites is 2. The second kappa shape index (κ2) is 9.96. The first-order valence-corrected chi connectivity index (χ1v) is 12.0. The molecule has 5 nitrogen and oxygen atoms in total. The van der Waals surface area contributed by atoms with Gasteiger partial charge in [-0.2, -0.15) is 0 Å². The molecule has 1 N–H and O–H groups in total. The standard InChI is InChI=1S/C27H29ClN4O/c28-23-13-11-22(12-14-23)26(21-7-2-1-3-8-21)31-19-17-30(18-20-31)15-6-16-32-25-10-5-4-9-24(25)29-27(32)33/h1-5,7-14,26H,6,15-20H2,(H,29,33). The van der Waals surface area contributed by atoms with Crippen molar-refractivity contribution in [3.63, 3.8) is 0 Å². The molecule has 1 aliphatic rings. The maximum absolute atomic E-state index is 12.3. The first-order valence-electron chi connectivity index (χ1n) is 11.6. The van der Waals surface area contributed by atoms with Crippen molar-refractivity contribution in [2.75, 3.05) is 32.7 Å². The van der Waals surface area contributed by atoms with E-state index in [1.807, 2.05) is 41.0 Å². The van der Waals surface area contributed by atoms with Crippen LogP contribution in [0.15, 0.2) is 83.7 Å². The number of rotatable bonds is 7. The Bertz CT molecular complexity index is 1240. The highest BCUT2D eigenvalue weighted by Crippen LogP contribution is 2.30. The fourth-order valence-electron chi connectivity index (χ4n) is 4.92. The Kier molecular flexibility index (Phi) is 6.63. The van der Waals surface area contributed by atoms with Gasteiger partial charge in [0, 0.05) is 37.7 Å². The Balaban J connectivity index is 1.21. The second-order valence-electron chi connectivity index (χ2n) is 8.69. The van der Waals surface area contributed by atoms with E-state index >= 15 is 0 Å². The molecule has 6 heteroatoms. The molecule has 0 radical (unpaired) electrons. The fraction of sp³-hybridized carbons (Fsp3) is 0.296. The zero-order valence-electron chi connectivity index (χ0n) is 18.7. The van der Waals surface area contributed by atoms with Crippen LogP contribution in [0.1, 0.15) is 23.6 Å². The molecule has 2 heterocycles. The van der Waals surface area contributed by atoms with Gasteiger partial charge in [0.05, 0.1) is 17.1 Å². The number of nitrogens with one attached hydrogen (secondary N) is 1. The lowest BCUT2D eigenvalue weighted by molar-refractivity contribution is 0.108. The summed E-state index contributed by atoms with van der Waals surface area (Å²) in [5.41, 5.74) is 4.46. The predicted octanol–water partition coefficient (Wildman–Crippen LogP) is 4.78. The van der Waals surface area contributed by atoms with Crippen LogP contribution in [0.5, 0.6) is 0 Å². The van der Waals surface area contributed by atoms with E-state index in [2.05, 4.69) is 57.2 Å². The number of hydrogen-bond donors (Lipinski definition) is 1. The van der Waals surface area contributed by atoms with Crippen molar-refractivity contribution in [2.45, 2.75) is 19.0 Å². The molecule has 0 bridgehead atoms. The Hall–Kier alpha value is -2.86. The average molecular weight is 461 g/mol. The van der Waals surface area contributed by atoms with Crippen molar-refractivity contribution in [3.05, 3.63) is 105 Å². The summed E-state index contributed by atoms with van der Waals surface area (Å²) in [6.45, 7) is 5.81. The Morgan fingerprint density at radius 1 is 0.788 bits per heavy atom. The van der Waals surface area contributed by atoms with Crippen LogP contribution in [0.3, 0.4) is 0 Å². The molecule has 0 amide bonds. The molecular formula is C27H29ClN4O. The molecule has 1 saturated heterocycles. The van der Waals surface area contributed by atoms with Gasteiger partial charge in [-0.1, -0.05) is 66.2 Å². The van der Waals surface area contributed by atoms with Gasteiger partial charge in [0.25, 0.3) is 0 Å². The number of aromatic nitrogens is 2. The van der Waals surface area contributed by atoms with Crippen molar-refractivity contribution in [1.82, 2.24) is 19.4 Å². The van der Waals surface area contributed by atoms with E-state index in [-0.39, 0.29) is 11.7 Å². The Morgan fingerprint density at radius 2 is 1.45 bits per heavy atom. The molecule has 1 aliphatic heterocycles. The second-order valence-corrected chi connectivity index (χ2v) is 9.13. The van der Waals surface area contributed by atoms with Crippen LogP contribution in [0.25, 0.3) is 11.0 Å². The van der Waals surface area contributed by atoms with Crippen molar-refractivity contribution in [1.29, 1.82) is 0 Å². The third-order valence-corrected chi connectivity index (χ3v) is 6.86. The quantitative estimate of drug-likeness (QED) is 0.431. The van der Waals surface area contributed by atoms with Gasteiger partial charge in [0.15, 0.2) is 0 Å². The van der Waals surface area contributed by atoms with E-state index in [1.165, 1.54) is 11.1 Å². The monoisotopic (exact) mass is 460 g/mol. The minimum Gasteiger partial charge on any atom is -0.306 e. The molecule has 0 saturated carbocycles. The number of fused-ring (bicyclic) bond motifs is 1. The number of benzene rings is 3. The lowest BCUT2D eigenvalue weighted by Crippen LogP contribution is -2.48. The largest absolute Gasteiger partial charge is 0.326 e. The minimum absolute atomic E-state index is 0.0188. The van der Waals surface area contributed by atoms with Crippen molar-refractivity contribution < 1.29 is 0 Å². The van der Waals surface area contributed by atoms with E-state index < -0.39 is 0 Å². The minimum atomic E-state index is -0.0188. The number of imidazole rings is 1. The van der Waals surface area contributed by atoms with E-state index in [0.717, 1.165) is 61.7 Å². The summed E-state index contributed by atoms with van der Waals surface area (Å²) < 4.78 is 1.86. The lowest BCUT2D eigenvalue weighted by Gasteiger charge is -2.40. The van der Waals surface area contributed by atoms with Crippen LogP contribution < -0.4 is 5.69 Å². The van der Waals surface area contributed by atoms with Gasteiger partial charge in [-0.25, -0.2) is 4.79 Å². The number of piperazine rings is 1. The number of aromatic amines is 1. The molecule has 4 aromatic rings. The van der Waals surface area contributed by atoms with Crippen molar-refractivity contribution in [2.24, 2.45) is 0 Å². The maximum Gasteiger partial charge on any atom is 0.326 e. The molecule has 1 aromatic heterocycles. The fourth-order valence-corrected chi connectivity index (χ4v) is 5.05. The number of halogens is 1. The van der Waals surface area contributed by atoms with Gasteiger partial charge in [-0.3, -0.25) is 9.47 Å². The molecule has 170 valence electrons. The van der Waals surface area contributed by atoms with Gasteiger partial charge >= 0.3 is 5.69 Å². The lowest BCUT2D eigenvalue weighted by atomic mass is 9.96. The zero-order valence-corrected chi connectivity index (χ0v) is 19.4. The summed E-state index contributed by atoms with van der Waals surface area (Å²) in [7, 11) is 0. The van der Waals surface area contributed by atoms with E-state index in [1.54, 1.807) is 0 Å². The first kappa shape index (κ1) is 22.0. The molecular weight excluding hydrogens is 432 g/mol. The van der Waals surface area contributed by atoms with Crippen LogP contribution >= 0.6 is 11.6 Å². The summed E-state index contributed by atoms with van der Waals surface area (Å²) in [4.78, 5) is 20.3. The highest BCUT2D eigenvalue weighted by atomic mass is 35.5. The van der Waals surface area contributed by atoms with Crippen LogP contribution in [0, 0.1) is 0 Å². The molecule has 0 spiro atoms. The normalized spacial score (nSPS) is 16.3. The third kappa shape index (κ3) is 4.91. The number of nitrogens with zero attached hydrogens (tertiary/aromatic N) is 3. The average Bonchev–Trinajstić information content (AvgIpc) is 3.17.